The summed E-state index contributed by atoms with van der Waals surface area (Å²) in [5, 5.41) is 3.02. The number of carbonyl (C=O) groups excluding carboxylic acids is 2. The summed E-state index contributed by atoms with van der Waals surface area (Å²) in [5.74, 6) is -0.418. The van der Waals surface area contributed by atoms with E-state index >= 15 is 0 Å². The number of morpholine rings is 1. The monoisotopic (exact) mass is 263 g/mol. The van der Waals surface area contributed by atoms with E-state index in [0.29, 0.717) is 31.9 Å². The third-order valence-electron chi connectivity index (χ3n) is 2.98. The Morgan fingerprint density at radius 1 is 1.21 bits per heavy atom. The van der Waals surface area contributed by atoms with Crippen LogP contribution in [0.4, 0.5) is 5.69 Å². The zero-order chi connectivity index (χ0) is 13.7. The molecule has 0 unspecified atom stereocenters. The number of primary amides is 1. The van der Waals surface area contributed by atoms with E-state index in [1.807, 2.05) is 0 Å². The highest BCUT2D eigenvalue weighted by molar-refractivity contribution is 5.93. The van der Waals surface area contributed by atoms with Crippen molar-refractivity contribution in [3.8, 4) is 0 Å². The molecule has 0 saturated carbocycles. The van der Waals surface area contributed by atoms with Crippen LogP contribution in [0.25, 0.3) is 0 Å². The maximum absolute atomic E-state index is 11.9. The predicted octanol–water partition coefficient (Wildman–Crippen LogP) is 0.0562. The van der Waals surface area contributed by atoms with Gasteiger partial charge in [0.05, 0.1) is 19.8 Å². The van der Waals surface area contributed by atoms with Crippen LogP contribution in [0.1, 0.15) is 10.4 Å². The molecule has 19 heavy (non-hydrogen) atoms. The second-order valence-electron chi connectivity index (χ2n) is 4.29. The van der Waals surface area contributed by atoms with Crippen molar-refractivity contribution in [2.45, 2.75) is 0 Å². The van der Waals surface area contributed by atoms with Crippen LogP contribution in [0.2, 0.25) is 0 Å². The highest BCUT2D eigenvalue weighted by atomic mass is 16.5. The zero-order valence-corrected chi connectivity index (χ0v) is 10.6. The number of amides is 2. The number of hydrogen-bond acceptors (Lipinski definition) is 4. The van der Waals surface area contributed by atoms with Crippen molar-refractivity contribution in [3.63, 3.8) is 0 Å². The largest absolute Gasteiger partial charge is 0.378 e. The van der Waals surface area contributed by atoms with Gasteiger partial charge in [-0.15, -0.1) is 0 Å². The Labute approximate surface area is 111 Å². The average molecular weight is 263 g/mol. The maximum atomic E-state index is 11.9. The summed E-state index contributed by atoms with van der Waals surface area (Å²) in [4.78, 5) is 24.6. The quantitative estimate of drug-likeness (QED) is 0.804. The summed E-state index contributed by atoms with van der Waals surface area (Å²) in [7, 11) is 0. The third kappa shape index (κ3) is 3.69. The van der Waals surface area contributed by atoms with Crippen molar-refractivity contribution in [1.29, 1.82) is 0 Å². The number of carbonyl (C=O) groups is 2. The van der Waals surface area contributed by atoms with Gasteiger partial charge in [-0.3, -0.25) is 9.59 Å². The van der Waals surface area contributed by atoms with Crippen LogP contribution in [0.3, 0.4) is 0 Å². The average Bonchev–Trinajstić information content (AvgIpc) is 2.46. The van der Waals surface area contributed by atoms with Gasteiger partial charge in [-0.2, -0.15) is 0 Å². The summed E-state index contributed by atoms with van der Waals surface area (Å²) >= 11 is 0. The molecule has 1 aliphatic rings. The minimum Gasteiger partial charge on any atom is -0.378 e. The fourth-order valence-corrected chi connectivity index (χ4v) is 1.85. The van der Waals surface area contributed by atoms with E-state index in [4.69, 9.17) is 10.5 Å². The first-order valence-electron chi connectivity index (χ1n) is 6.16. The van der Waals surface area contributed by atoms with Crippen molar-refractivity contribution in [2.24, 2.45) is 5.73 Å². The first-order valence-corrected chi connectivity index (χ1v) is 6.16. The first-order chi connectivity index (χ1) is 9.16. The Morgan fingerprint density at radius 2 is 1.84 bits per heavy atom. The highest BCUT2D eigenvalue weighted by Gasteiger charge is 2.16. The maximum Gasteiger partial charge on any atom is 0.248 e. The smallest absolute Gasteiger partial charge is 0.248 e. The Balaban J connectivity index is 1.84. The second-order valence-corrected chi connectivity index (χ2v) is 4.29. The molecule has 1 heterocycles. The Kier molecular flexibility index (Phi) is 4.35. The Bertz CT molecular complexity index is 453. The van der Waals surface area contributed by atoms with Gasteiger partial charge in [0.15, 0.2) is 0 Å². The van der Waals surface area contributed by atoms with Gasteiger partial charge in [0, 0.05) is 24.3 Å². The van der Waals surface area contributed by atoms with Crippen LogP contribution < -0.4 is 11.1 Å². The van der Waals surface area contributed by atoms with Gasteiger partial charge in [-0.05, 0) is 24.3 Å². The van der Waals surface area contributed by atoms with Crippen molar-refractivity contribution < 1.29 is 14.3 Å². The summed E-state index contributed by atoms with van der Waals surface area (Å²) in [6.07, 6.45) is 0. The fraction of sp³-hybridized carbons (Fsp3) is 0.385. The van der Waals surface area contributed by atoms with Gasteiger partial charge < -0.3 is 20.7 Å². The molecule has 1 fully saturated rings. The molecule has 1 aliphatic heterocycles. The molecule has 0 radical (unpaired) electrons. The number of ether oxygens (including phenoxy) is 1. The van der Waals surface area contributed by atoms with E-state index in [2.05, 4.69) is 5.32 Å². The van der Waals surface area contributed by atoms with Crippen LogP contribution in [0.5, 0.6) is 0 Å². The van der Waals surface area contributed by atoms with Crippen LogP contribution in [0, 0.1) is 0 Å². The van der Waals surface area contributed by atoms with E-state index in [1.165, 1.54) is 0 Å². The van der Waals surface area contributed by atoms with E-state index in [9.17, 15) is 9.59 Å². The SMILES string of the molecule is NC(=O)c1ccc(NCC(=O)N2CCOCC2)cc1. The molecule has 2 rings (SSSR count). The van der Waals surface area contributed by atoms with Gasteiger partial charge in [0.25, 0.3) is 0 Å². The van der Waals surface area contributed by atoms with E-state index in [-0.39, 0.29) is 12.5 Å². The second kappa shape index (κ2) is 6.19. The fourth-order valence-electron chi connectivity index (χ4n) is 1.85. The molecule has 1 aromatic carbocycles. The molecule has 1 aromatic rings. The molecule has 0 atom stereocenters. The van der Waals surface area contributed by atoms with E-state index < -0.39 is 5.91 Å². The number of hydrogen-bond donors (Lipinski definition) is 2. The van der Waals surface area contributed by atoms with Crippen LogP contribution in [0.15, 0.2) is 24.3 Å². The van der Waals surface area contributed by atoms with Gasteiger partial charge in [0.2, 0.25) is 11.8 Å². The number of anilines is 1. The summed E-state index contributed by atoms with van der Waals surface area (Å²) in [5.41, 5.74) is 6.38. The molecule has 0 spiro atoms. The summed E-state index contributed by atoms with van der Waals surface area (Å²) in [6.45, 7) is 2.70. The Morgan fingerprint density at radius 3 is 2.42 bits per heavy atom. The number of benzene rings is 1. The van der Waals surface area contributed by atoms with Crippen LogP contribution in [-0.2, 0) is 9.53 Å². The first kappa shape index (κ1) is 13.4. The van der Waals surface area contributed by atoms with Gasteiger partial charge in [-0.25, -0.2) is 0 Å². The van der Waals surface area contributed by atoms with E-state index in [1.54, 1.807) is 29.2 Å². The minimum atomic E-state index is -0.462. The molecular weight excluding hydrogens is 246 g/mol. The van der Waals surface area contributed by atoms with Crippen molar-refractivity contribution in [2.75, 3.05) is 38.2 Å². The van der Waals surface area contributed by atoms with Crippen molar-refractivity contribution in [3.05, 3.63) is 29.8 Å². The van der Waals surface area contributed by atoms with Crippen molar-refractivity contribution in [1.82, 2.24) is 4.90 Å². The molecule has 0 aliphatic carbocycles. The molecule has 3 N–H and O–H groups in total. The molecule has 0 bridgehead atoms. The molecule has 2 amide bonds. The van der Waals surface area contributed by atoms with Crippen LogP contribution >= 0.6 is 0 Å². The lowest BCUT2D eigenvalue weighted by Gasteiger charge is -2.27. The standard InChI is InChI=1S/C13H17N3O3/c14-13(18)10-1-3-11(4-2-10)15-9-12(17)16-5-7-19-8-6-16/h1-4,15H,5-9H2,(H2,14,18). The molecule has 6 heteroatoms. The lowest BCUT2D eigenvalue weighted by atomic mass is 10.2. The molecule has 102 valence electrons. The topological polar surface area (TPSA) is 84.7 Å². The normalized spacial score (nSPS) is 15.1. The number of rotatable bonds is 4. The predicted molar refractivity (Wildman–Crippen MR) is 70.8 cm³/mol. The minimum absolute atomic E-state index is 0.0438. The molecular formula is C13H17N3O3. The van der Waals surface area contributed by atoms with E-state index in [0.717, 1.165) is 5.69 Å². The van der Waals surface area contributed by atoms with Crippen LogP contribution in [-0.4, -0.2) is 49.6 Å². The lowest BCUT2D eigenvalue weighted by molar-refractivity contribution is -0.133. The highest BCUT2D eigenvalue weighted by Crippen LogP contribution is 2.09. The molecule has 0 aromatic heterocycles. The lowest BCUT2D eigenvalue weighted by Crippen LogP contribution is -2.43. The van der Waals surface area contributed by atoms with Gasteiger partial charge in [-0.1, -0.05) is 0 Å². The molecule has 6 nitrogen and oxygen atoms in total. The van der Waals surface area contributed by atoms with Crippen molar-refractivity contribution >= 4 is 17.5 Å². The van der Waals surface area contributed by atoms with Gasteiger partial charge >= 0.3 is 0 Å². The zero-order valence-electron chi connectivity index (χ0n) is 10.6. The van der Waals surface area contributed by atoms with Gasteiger partial charge in [0.1, 0.15) is 0 Å². The number of nitrogens with zero attached hydrogens (tertiary/aromatic N) is 1. The Hall–Kier alpha value is -2.08. The summed E-state index contributed by atoms with van der Waals surface area (Å²) < 4.78 is 5.19. The number of nitrogens with one attached hydrogen (secondary N) is 1. The molecule has 1 saturated heterocycles. The summed E-state index contributed by atoms with van der Waals surface area (Å²) in [6, 6.07) is 6.72. The third-order valence-corrected chi connectivity index (χ3v) is 2.98. The number of nitrogens with two attached hydrogens (primary N) is 1.